The molecule has 2 heterocycles. The highest BCUT2D eigenvalue weighted by molar-refractivity contribution is 5.63. The van der Waals surface area contributed by atoms with Gasteiger partial charge in [0.05, 0.1) is 12.5 Å². The van der Waals surface area contributed by atoms with Crippen molar-refractivity contribution in [2.45, 2.75) is 6.42 Å². The van der Waals surface area contributed by atoms with Gasteiger partial charge in [0.1, 0.15) is 5.82 Å². The molecule has 2 aromatic rings. The summed E-state index contributed by atoms with van der Waals surface area (Å²) in [6.07, 6.45) is 3.64. The van der Waals surface area contributed by atoms with E-state index < -0.39 is 0 Å². The number of allylic oxidation sites excluding steroid dienone is 1. The fraction of sp³-hybridized carbons (Fsp3) is 0.100. The largest absolute Gasteiger partial charge is 0.472 e. The van der Waals surface area contributed by atoms with Crippen LogP contribution in [0.3, 0.4) is 0 Å². The standard InChI is InChI=1S/C10H11N5O/c1-6(7-2-3-16-5-7)4-8-13-9(11)15-10(12)14-8/h2-3,5H,1,4H2,(H4,11,12,13,14,15). The van der Waals surface area contributed by atoms with Crippen molar-refractivity contribution in [1.82, 2.24) is 15.0 Å². The van der Waals surface area contributed by atoms with Crippen LogP contribution in [0.2, 0.25) is 0 Å². The molecule has 2 aromatic heterocycles. The minimum atomic E-state index is 0.113. The zero-order valence-corrected chi connectivity index (χ0v) is 8.55. The number of nitrogen functional groups attached to an aromatic ring is 2. The Kier molecular flexibility index (Phi) is 2.55. The average molecular weight is 217 g/mol. The van der Waals surface area contributed by atoms with Crippen molar-refractivity contribution in [3.05, 3.63) is 36.6 Å². The molecule has 0 amide bonds. The smallest absolute Gasteiger partial charge is 0.225 e. The molecular formula is C10H11N5O. The molecule has 0 atom stereocenters. The van der Waals surface area contributed by atoms with Gasteiger partial charge in [-0.1, -0.05) is 6.58 Å². The van der Waals surface area contributed by atoms with E-state index in [4.69, 9.17) is 15.9 Å². The van der Waals surface area contributed by atoms with E-state index in [-0.39, 0.29) is 11.9 Å². The lowest BCUT2D eigenvalue weighted by atomic mass is 10.1. The third-order valence-corrected chi connectivity index (χ3v) is 2.02. The molecule has 0 aliphatic rings. The molecular weight excluding hydrogens is 206 g/mol. The third kappa shape index (κ3) is 2.17. The van der Waals surface area contributed by atoms with Crippen LogP contribution in [0.25, 0.3) is 5.57 Å². The van der Waals surface area contributed by atoms with Gasteiger partial charge in [0.15, 0.2) is 0 Å². The van der Waals surface area contributed by atoms with E-state index in [0.717, 1.165) is 11.1 Å². The predicted molar refractivity (Wildman–Crippen MR) is 60.1 cm³/mol. The van der Waals surface area contributed by atoms with E-state index in [9.17, 15) is 0 Å². The van der Waals surface area contributed by atoms with Crippen molar-refractivity contribution < 1.29 is 4.42 Å². The maximum absolute atomic E-state index is 5.46. The quantitative estimate of drug-likeness (QED) is 0.791. The minimum absolute atomic E-state index is 0.113. The lowest BCUT2D eigenvalue weighted by Gasteiger charge is -2.03. The van der Waals surface area contributed by atoms with Crippen LogP contribution >= 0.6 is 0 Å². The van der Waals surface area contributed by atoms with Crippen LogP contribution < -0.4 is 11.5 Å². The summed E-state index contributed by atoms with van der Waals surface area (Å²) in [6, 6.07) is 1.82. The Morgan fingerprint density at radius 2 is 1.94 bits per heavy atom. The number of nitrogens with two attached hydrogens (primary N) is 2. The Labute approximate surface area is 92.0 Å². The van der Waals surface area contributed by atoms with Gasteiger partial charge in [0.25, 0.3) is 0 Å². The molecule has 4 N–H and O–H groups in total. The summed E-state index contributed by atoms with van der Waals surface area (Å²) in [5.74, 6) is 0.723. The molecule has 0 fully saturated rings. The highest BCUT2D eigenvalue weighted by atomic mass is 16.3. The fourth-order valence-electron chi connectivity index (χ4n) is 1.29. The van der Waals surface area contributed by atoms with Gasteiger partial charge in [-0.15, -0.1) is 0 Å². The van der Waals surface area contributed by atoms with Crippen LogP contribution in [-0.2, 0) is 6.42 Å². The highest BCUT2D eigenvalue weighted by Crippen LogP contribution is 2.16. The van der Waals surface area contributed by atoms with Gasteiger partial charge in [-0.25, -0.2) is 0 Å². The summed E-state index contributed by atoms with van der Waals surface area (Å²) in [4.78, 5) is 11.6. The maximum atomic E-state index is 5.46. The predicted octanol–water partition coefficient (Wildman–Crippen LogP) is 0.885. The minimum Gasteiger partial charge on any atom is -0.472 e. The number of rotatable bonds is 3. The number of aromatic nitrogens is 3. The van der Waals surface area contributed by atoms with E-state index in [2.05, 4.69) is 21.5 Å². The summed E-state index contributed by atoms with van der Waals surface area (Å²) in [6.45, 7) is 3.91. The van der Waals surface area contributed by atoms with E-state index in [1.54, 1.807) is 12.5 Å². The summed E-state index contributed by atoms with van der Waals surface area (Å²) in [7, 11) is 0. The lowest BCUT2D eigenvalue weighted by molar-refractivity contribution is 0.566. The number of anilines is 2. The number of hydrogen-bond donors (Lipinski definition) is 2. The van der Waals surface area contributed by atoms with Crippen LogP contribution in [-0.4, -0.2) is 15.0 Å². The Bertz CT molecular complexity index is 486. The molecule has 82 valence electrons. The first kappa shape index (κ1) is 10.2. The van der Waals surface area contributed by atoms with Gasteiger partial charge < -0.3 is 15.9 Å². The van der Waals surface area contributed by atoms with E-state index in [1.165, 1.54) is 0 Å². The first-order valence-electron chi connectivity index (χ1n) is 4.61. The topological polar surface area (TPSA) is 104 Å². The van der Waals surface area contributed by atoms with Crippen LogP contribution in [0.1, 0.15) is 11.4 Å². The van der Waals surface area contributed by atoms with Crippen LogP contribution in [0, 0.1) is 0 Å². The Morgan fingerprint density at radius 1 is 1.25 bits per heavy atom. The molecule has 0 radical (unpaired) electrons. The normalized spacial score (nSPS) is 10.2. The summed E-state index contributed by atoms with van der Waals surface area (Å²) in [5.41, 5.74) is 12.7. The molecule has 2 rings (SSSR count). The zero-order valence-electron chi connectivity index (χ0n) is 8.55. The van der Waals surface area contributed by atoms with E-state index in [1.807, 2.05) is 6.07 Å². The monoisotopic (exact) mass is 217 g/mol. The molecule has 0 spiro atoms. The highest BCUT2D eigenvalue weighted by Gasteiger charge is 2.06. The van der Waals surface area contributed by atoms with E-state index in [0.29, 0.717) is 12.2 Å². The summed E-state index contributed by atoms with van der Waals surface area (Å²) in [5, 5.41) is 0. The van der Waals surface area contributed by atoms with Crippen molar-refractivity contribution in [1.29, 1.82) is 0 Å². The van der Waals surface area contributed by atoms with Crippen molar-refractivity contribution in [3.8, 4) is 0 Å². The SMILES string of the molecule is C=C(Cc1nc(N)nc(N)n1)c1ccoc1. The molecule has 0 unspecified atom stereocenters. The molecule has 16 heavy (non-hydrogen) atoms. The van der Waals surface area contributed by atoms with Gasteiger partial charge in [-0.05, 0) is 11.6 Å². The molecule has 0 aromatic carbocycles. The Hall–Kier alpha value is -2.37. The molecule has 0 aliphatic carbocycles. The Morgan fingerprint density at radius 3 is 2.50 bits per heavy atom. The van der Waals surface area contributed by atoms with E-state index >= 15 is 0 Å². The Balaban J connectivity index is 2.18. The molecule has 0 bridgehead atoms. The molecule has 0 aliphatic heterocycles. The first-order chi connectivity index (χ1) is 7.65. The van der Waals surface area contributed by atoms with Gasteiger partial charge in [-0.3, -0.25) is 0 Å². The second-order valence-electron chi connectivity index (χ2n) is 3.26. The van der Waals surface area contributed by atoms with Gasteiger partial charge in [-0.2, -0.15) is 15.0 Å². The maximum Gasteiger partial charge on any atom is 0.225 e. The van der Waals surface area contributed by atoms with Crippen molar-refractivity contribution in [2.24, 2.45) is 0 Å². The average Bonchev–Trinajstić information content (AvgIpc) is 2.68. The van der Waals surface area contributed by atoms with Gasteiger partial charge in [0.2, 0.25) is 11.9 Å². The number of furan rings is 1. The van der Waals surface area contributed by atoms with Gasteiger partial charge >= 0.3 is 0 Å². The zero-order chi connectivity index (χ0) is 11.5. The van der Waals surface area contributed by atoms with Crippen LogP contribution in [0.5, 0.6) is 0 Å². The van der Waals surface area contributed by atoms with Gasteiger partial charge in [0, 0.05) is 12.0 Å². The second kappa shape index (κ2) is 4.01. The molecule has 6 nitrogen and oxygen atoms in total. The van der Waals surface area contributed by atoms with Crippen LogP contribution in [0.15, 0.2) is 29.6 Å². The van der Waals surface area contributed by atoms with Crippen LogP contribution in [0.4, 0.5) is 11.9 Å². The summed E-state index contributed by atoms with van der Waals surface area (Å²) < 4.78 is 4.96. The molecule has 6 heteroatoms. The molecule has 0 saturated heterocycles. The van der Waals surface area contributed by atoms with Crippen molar-refractivity contribution >= 4 is 17.5 Å². The first-order valence-corrected chi connectivity index (χ1v) is 4.61. The fourth-order valence-corrected chi connectivity index (χ4v) is 1.29. The lowest BCUT2D eigenvalue weighted by Crippen LogP contribution is -2.07. The number of nitrogens with zero attached hydrogens (tertiary/aromatic N) is 3. The number of hydrogen-bond acceptors (Lipinski definition) is 6. The summed E-state index contributed by atoms with van der Waals surface area (Å²) >= 11 is 0. The second-order valence-corrected chi connectivity index (χ2v) is 3.26. The van der Waals surface area contributed by atoms with Crippen molar-refractivity contribution in [2.75, 3.05) is 11.5 Å². The van der Waals surface area contributed by atoms with Crippen molar-refractivity contribution in [3.63, 3.8) is 0 Å². The molecule has 0 saturated carbocycles. The third-order valence-electron chi connectivity index (χ3n) is 2.02.